The molecule has 0 aliphatic carbocycles. The number of fused-ring (bicyclic) bond motifs is 1. The molecule has 0 aliphatic heterocycles. The van der Waals surface area contributed by atoms with Crippen molar-refractivity contribution in [3.63, 3.8) is 0 Å². The van der Waals surface area contributed by atoms with E-state index in [2.05, 4.69) is 0 Å². The zero-order valence-electron chi connectivity index (χ0n) is 9.73. The van der Waals surface area contributed by atoms with Crippen molar-refractivity contribution >= 4 is 16.7 Å². The molecular weight excluding hydrogens is 235 g/mol. The molecule has 94 valence electrons. The van der Waals surface area contributed by atoms with Crippen LogP contribution in [0.3, 0.4) is 0 Å². The summed E-state index contributed by atoms with van der Waals surface area (Å²) in [5.41, 5.74) is 0.956. The minimum absolute atomic E-state index is 0.249. The van der Waals surface area contributed by atoms with Gasteiger partial charge in [-0.15, -0.1) is 0 Å². The first-order valence-corrected chi connectivity index (χ1v) is 5.64. The molecule has 4 heteroatoms. The van der Waals surface area contributed by atoms with Crippen LogP contribution < -0.4 is 0 Å². The Bertz CT molecular complexity index is 566. The van der Waals surface area contributed by atoms with Crippen LogP contribution >= 0.6 is 0 Å². The van der Waals surface area contributed by atoms with Crippen LogP contribution in [0.2, 0.25) is 0 Å². The Morgan fingerprint density at radius 3 is 2.61 bits per heavy atom. The predicted octanol–water partition coefficient (Wildman–Crippen LogP) is 2.62. The Morgan fingerprint density at radius 2 is 1.89 bits per heavy atom. The highest BCUT2D eigenvalue weighted by atomic mass is 19.1. The van der Waals surface area contributed by atoms with Crippen molar-refractivity contribution in [1.82, 2.24) is 0 Å². The number of hydrogen-bond acceptors (Lipinski definition) is 2. The summed E-state index contributed by atoms with van der Waals surface area (Å²) in [5.74, 6) is -1.24. The number of aliphatic carboxylic acids is 1. The number of halogens is 1. The van der Waals surface area contributed by atoms with E-state index in [0.29, 0.717) is 18.4 Å². The van der Waals surface area contributed by atoms with Crippen LogP contribution in [0.25, 0.3) is 10.8 Å². The fraction of sp³-hybridized carbons (Fsp3) is 0.214. The van der Waals surface area contributed by atoms with Crippen LogP contribution in [0.5, 0.6) is 0 Å². The molecule has 2 rings (SSSR count). The zero-order chi connectivity index (χ0) is 13.0. The van der Waals surface area contributed by atoms with E-state index in [9.17, 15) is 9.18 Å². The van der Waals surface area contributed by atoms with Gasteiger partial charge in [0.2, 0.25) is 0 Å². The normalized spacial score (nSPS) is 10.7. The average Bonchev–Trinajstić information content (AvgIpc) is 2.37. The van der Waals surface area contributed by atoms with E-state index in [1.807, 2.05) is 12.1 Å². The Hall–Kier alpha value is -1.94. The molecule has 0 atom stereocenters. The molecule has 18 heavy (non-hydrogen) atoms. The number of carbonyl (C=O) groups is 1. The molecule has 1 N–H and O–H groups in total. The molecule has 0 fully saturated rings. The molecule has 0 bridgehead atoms. The standard InChI is InChI=1S/C14H13FO3/c15-13-6-5-10(7-8-18-9-14(16)17)11-3-1-2-4-12(11)13/h1-6H,7-9H2,(H,16,17). The van der Waals surface area contributed by atoms with Crippen LogP contribution in [0.1, 0.15) is 5.56 Å². The third-order valence-corrected chi connectivity index (χ3v) is 2.70. The van der Waals surface area contributed by atoms with E-state index in [4.69, 9.17) is 9.84 Å². The van der Waals surface area contributed by atoms with E-state index < -0.39 is 5.97 Å². The van der Waals surface area contributed by atoms with Crippen LogP contribution in [0, 0.1) is 5.82 Å². The van der Waals surface area contributed by atoms with Gasteiger partial charge < -0.3 is 9.84 Å². The molecule has 0 unspecified atom stereocenters. The molecule has 0 saturated carbocycles. The SMILES string of the molecule is O=C(O)COCCc1ccc(F)c2ccccc12. The maximum absolute atomic E-state index is 13.6. The van der Waals surface area contributed by atoms with E-state index in [-0.39, 0.29) is 12.4 Å². The van der Waals surface area contributed by atoms with Crippen LogP contribution in [-0.4, -0.2) is 24.3 Å². The van der Waals surface area contributed by atoms with Gasteiger partial charge in [0.1, 0.15) is 12.4 Å². The van der Waals surface area contributed by atoms with Gasteiger partial charge >= 0.3 is 5.97 Å². The van der Waals surface area contributed by atoms with Crippen molar-refractivity contribution in [1.29, 1.82) is 0 Å². The average molecular weight is 248 g/mol. The van der Waals surface area contributed by atoms with Gasteiger partial charge in [0, 0.05) is 5.39 Å². The lowest BCUT2D eigenvalue weighted by Gasteiger charge is -2.07. The maximum atomic E-state index is 13.6. The van der Waals surface area contributed by atoms with Crippen molar-refractivity contribution in [3.8, 4) is 0 Å². The van der Waals surface area contributed by atoms with Crippen molar-refractivity contribution in [2.45, 2.75) is 6.42 Å². The molecule has 2 aromatic rings. The van der Waals surface area contributed by atoms with Crippen LogP contribution in [0.4, 0.5) is 4.39 Å². The second kappa shape index (κ2) is 5.60. The van der Waals surface area contributed by atoms with E-state index in [0.717, 1.165) is 10.9 Å². The topological polar surface area (TPSA) is 46.5 Å². The van der Waals surface area contributed by atoms with Gasteiger partial charge in [0.25, 0.3) is 0 Å². The molecule has 0 radical (unpaired) electrons. The summed E-state index contributed by atoms with van der Waals surface area (Å²) in [6.45, 7) is 0.00105. The molecule has 2 aromatic carbocycles. The van der Waals surface area contributed by atoms with Gasteiger partial charge in [-0.25, -0.2) is 9.18 Å². The summed E-state index contributed by atoms with van der Waals surface area (Å²) in [4.78, 5) is 10.3. The number of benzene rings is 2. The van der Waals surface area contributed by atoms with Crippen molar-refractivity contribution in [2.24, 2.45) is 0 Å². The van der Waals surface area contributed by atoms with Crippen molar-refractivity contribution in [2.75, 3.05) is 13.2 Å². The van der Waals surface area contributed by atoms with Gasteiger partial charge in [-0.05, 0) is 23.4 Å². The Balaban J connectivity index is 2.14. The lowest BCUT2D eigenvalue weighted by molar-refractivity contribution is -0.142. The number of carboxylic acids is 1. The van der Waals surface area contributed by atoms with E-state index in [1.54, 1.807) is 18.2 Å². The molecule has 0 saturated heterocycles. The minimum atomic E-state index is -0.987. The molecule has 0 heterocycles. The van der Waals surface area contributed by atoms with Crippen LogP contribution in [0.15, 0.2) is 36.4 Å². The minimum Gasteiger partial charge on any atom is -0.480 e. The lowest BCUT2D eigenvalue weighted by atomic mass is 10.0. The predicted molar refractivity (Wildman–Crippen MR) is 66.1 cm³/mol. The molecule has 0 amide bonds. The Kier molecular flexibility index (Phi) is 3.89. The maximum Gasteiger partial charge on any atom is 0.329 e. The highest BCUT2D eigenvalue weighted by Crippen LogP contribution is 2.22. The quantitative estimate of drug-likeness (QED) is 0.827. The van der Waals surface area contributed by atoms with Gasteiger partial charge in [0.15, 0.2) is 0 Å². The highest BCUT2D eigenvalue weighted by Gasteiger charge is 2.05. The number of hydrogen-bond donors (Lipinski definition) is 1. The molecule has 0 spiro atoms. The lowest BCUT2D eigenvalue weighted by Crippen LogP contribution is -2.09. The smallest absolute Gasteiger partial charge is 0.329 e. The third-order valence-electron chi connectivity index (χ3n) is 2.70. The summed E-state index contributed by atoms with van der Waals surface area (Å²) >= 11 is 0. The second-order valence-electron chi connectivity index (χ2n) is 3.95. The highest BCUT2D eigenvalue weighted by molar-refractivity contribution is 5.86. The second-order valence-corrected chi connectivity index (χ2v) is 3.95. The monoisotopic (exact) mass is 248 g/mol. The molecule has 0 aromatic heterocycles. The summed E-state index contributed by atoms with van der Waals surface area (Å²) in [6, 6.07) is 10.4. The van der Waals surface area contributed by atoms with Gasteiger partial charge in [-0.3, -0.25) is 0 Å². The Labute approximate surface area is 104 Å². The van der Waals surface area contributed by atoms with E-state index >= 15 is 0 Å². The van der Waals surface area contributed by atoms with Gasteiger partial charge in [0.05, 0.1) is 6.61 Å². The Morgan fingerprint density at radius 1 is 1.17 bits per heavy atom. The van der Waals surface area contributed by atoms with Crippen molar-refractivity contribution in [3.05, 3.63) is 47.8 Å². The first-order chi connectivity index (χ1) is 8.68. The summed E-state index contributed by atoms with van der Waals surface area (Å²) in [6.07, 6.45) is 0.564. The molecule has 0 aliphatic rings. The first kappa shape index (κ1) is 12.5. The zero-order valence-corrected chi connectivity index (χ0v) is 9.73. The fourth-order valence-electron chi connectivity index (χ4n) is 1.88. The summed E-state index contributed by atoms with van der Waals surface area (Å²) in [5, 5.41) is 9.87. The number of ether oxygens (including phenoxy) is 1. The van der Waals surface area contributed by atoms with E-state index in [1.165, 1.54) is 6.07 Å². The molecular formula is C14H13FO3. The number of carboxylic acid groups (broad SMARTS) is 1. The summed E-state index contributed by atoms with van der Waals surface area (Å²) in [7, 11) is 0. The van der Waals surface area contributed by atoms with Gasteiger partial charge in [-0.1, -0.05) is 30.3 Å². The van der Waals surface area contributed by atoms with Crippen LogP contribution in [-0.2, 0) is 16.0 Å². The fourth-order valence-corrected chi connectivity index (χ4v) is 1.88. The number of rotatable bonds is 5. The largest absolute Gasteiger partial charge is 0.480 e. The summed E-state index contributed by atoms with van der Waals surface area (Å²) < 4.78 is 18.5. The third kappa shape index (κ3) is 2.84. The van der Waals surface area contributed by atoms with Crippen molar-refractivity contribution < 1.29 is 19.0 Å². The first-order valence-electron chi connectivity index (χ1n) is 5.64. The van der Waals surface area contributed by atoms with Gasteiger partial charge in [-0.2, -0.15) is 0 Å². The molecule has 3 nitrogen and oxygen atoms in total.